The van der Waals surface area contributed by atoms with Crippen molar-refractivity contribution in [2.75, 3.05) is 10.5 Å². The smallest absolute Gasteiger partial charge is 0.308 e. The summed E-state index contributed by atoms with van der Waals surface area (Å²) in [6.07, 6.45) is 0. The van der Waals surface area contributed by atoms with E-state index in [4.69, 9.17) is 20.8 Å². The average Bonchev–Trinajstić information content (AvgIpc) is 2.78. The third kappa shape index (κ3) is 3.80. The van der Waals surface area contributed by atoms with Crippen LogP contribution in [0.5, 0.6) is 11.5 Å². The Balaban J connectivity index is 2.64. The van der Waals surface area contributed by atoms with Crippen molar-refractivity contribution in [3.63, 3.8) is 0 Å². The molecule has 24 heavy (non-hydrogen) atoms. The molecule has 7 nitrogen and oxygen atoms in total. The van der Waals surface area contributed by atoms with Crippen LogP contribution >= 0.6 is 11.6 Å². The number of esters is 1. The summed E-state index contributed by atoms with van der Waals surface area (Å²) in [4.78, 5) is 11.2. The molecule has 0 aliphatic rings. The molecule has 0 unspecified atom stereocenters. The Morgan fingerprint density at radius 2 is 2.12 bits per heavy atom. The molecule has 2 rings (SSSR count). The zero-order valence-electron chi connectivity index (χ0n) is 12.6. The monoisotopic (exact) mass is 377 g/mol. The van der Waals surface area contributed by atoms with Gasteiger partial charge in [-0.1, -0.05) is 11.6 Å². The van der Waals surface area contributed by atoms with Gasteiger partial charge in [-0.15, -0.1) is 0 Å². The standard InChI is InChI=1S/C14H13ClFNO6S/c1-3-24(20,21)17-14-13(22-7(2)18)11(19)12(23-14)9-6-8(16)4-5-10(9)15/h4-6,17,19H,3H2,1-2H3. The molecule has 0 spiro atoms. The summed E-state index contributed by atoms with van der Waals surface area (Å²) in [7, 11) is -3.79. The quantitative estimate of drug-likeness (QED) is 0.775. The van der Waals surface area contributed by atoms with Gasteiger partial charge in [0.25, 0.3) is 5.88 Å². The number of sulfonamides is 1. The molecular formula is C14H13ClFNO6S. The summed E-state index contributed by atoms with van der Waals surface area (Å²) >= 11 is 5.95. The normalized spacial score (nSPS) is 11.3. The van der Waals surface area contributed by atoms with Gasteiger partial charge in [-0.2, -0.15) is 0 Å². The van der Waals surface area contributed by atoms with Gasteiger partial charge in [-0.25, -0.2) is 17.5 Å². The molecule has 0 bridgehead atoms. The van der Waals surface area contributed by atoms with E-state index >= 15 is 0 Å². The number of halogens is 2. The summed E-state index contributed by atoms with van der Waals surface area (Å²) in [6.45, 7) is 2.43. The molecule has 0 radical (unpaired) electrons. The predicted molar refractivity (Wildman–Crippen MR) is 85.2 cm³/mol. The van der Waals surface area contributed by atoms with E-state index in [2.05, 4.69) is 0 Å². The van der Waals surface area contributed by atoms with Gasteiger partial charge in [0.1, 0.15) is 5.82 Å². The van der Waals surface area contributed by atoms with E-state index in [9.17, 15) is 22.7 Å². The lowest BCUT2D eigenvalue weighted by Crippen LogP contribution is -2.15. The molecule has 1 aromatic heterocycles. The zero-order valence-corrected chi connectivity index (χ0v) is 14.2. The molecule has 0 fully saturated rings. The summed E-state index contributed by atoms with van der Waals surface area (Å²) in [5.74, 6) is -3.84. The Labute approximate surface area is 142 Å². The minimum atomic E-state index is -3.79. The molecule has 0 amide bonds. The van der Waals surface area contributed by atoms with Crippen molar-refractivity contribution in [2.24, 2.45) is 0 Å². The maximum Gasteiger partial charge on any atom is 0.308 e. The summed E-state index contributed by atoms with van der Waals surface area (Å²) < 4.78 is 48.9. The number of aromatic hydroxyl groups is 1. The number of hydrogen-bond acceptors (Lipinski definition) is 6. The topological polar surface area (TPSA) is 106 Å². The van der Waals surface area contributed by atoms with Crippen molar-refractivity contribution in [2.45, 2.75) is 13.8 Å². The van der Waals surface area contributed by atoms with Gasteiger partial charge in [0.15, 0.2) is 5.76 Å². The van der Waals surface area contributed by atoms with E-state index in [-0.39, 0.29) is 22.1 Å². The highest BCUT2D eigenvalue weighted by atomic mass is 35.5. The molecule has 2 aromatic rings. The Bertz CT molecular complexity index is 893. The van der Waals surface area contributed by atoms with Crippen molar-refractivity contribution < 1.29 is 31.9 Å². The number of anilines is 1. The van der Waals surface area contributed by atoms with Crippen molar-refractivity contribution in [3.05, 3.63) is 29.0 Å². The Kier molecular flexibility index (Phi) is 5.05. The highest BCUT2D eigenvalue weighted by Crippen LogP contribution is 2.48. The molecule has 1 aromatic carbocycles. The van der Waals surface area contributed by atoms with Crippen LogP contribution in [0.25, 0.3) is 11.3 Å². The molecule has 0 aliphatic heterocycles. The fraction of sp³-hybridized carbons (Fsp3) is 0.214. The maximum absolute atomic E-state index is 13.4. The molecule has 0 saturated carbocycles. The van der Waals surface area contributed by atoms with Crippen molar-refractivity contribution in [3.8, 4) is 22.8 Å². The fourth-order valence-corrected chi connectivity index (χ4v) is 2.54. The summed E-state index contributed by atoms with van der Waals surface area (Å²) in [5.41, 5.74) is -0.0375. The molecule has 0 atom stereocenters. The van der Waals surface area contributed by atoms with Crippen LogP contribution in [0.3, 0.4) is 0 Å². The van der Waals surface area contributed by atoms with E-state index in [1.807, 2.05) is 4.72 Å². The molecule has 130 valence electrons. The second kappa shape index (κ2) is 6.70. The molecule has 1 heterocycles. The second-order valence-electron chi connectivity index (χ2n) is 4.66. The third-order valence-corrected chi connectivity index (χ3v) is 4.47. The van der Waals surface area contributed by atoms with Crippen LogP contribution in [-0.2, 0) is 14.8 Å². The number of ether oxygens (including phenoxy) is 1. The zero-order chi connectivity index (χ0) is 18.1. The Morgan fingerprint density at radius 1 is 1.46 bits per heavy atom. The first-order chi connectivity index (χ1) is 11.1. The van der Waals surface area contributed by atoms with Crippen LogP contribution in [0, 0.1) is 5.82 Å². The number of furan rings is 1. The summed E-state index contributed by atoms with van der Waals surface area (Å²) in [5, 5.41) is 10.3. The highest BCUT2D eigenvalue weighted by molar-refractivity contribution is 7.92. The van der Waals surface area contributed by atoms with Gasteiger partial charge in [0.05, 0.1) is 10.8 Å². The highest BCUT2D eigenvalue weighted by Gasteiger charge is 2.28. The Hall–Kier alpha value is -2.26. The lowest BCUT2D eigenvalue weighted by Gasteiger charge is -2.04. The number of rotatable bonds is 5. The second-order valence-corrected chi connectivity index (χ2v) is 7.08. The number of hydrogen-bond donors (Lipinski definition) is 2. The van der Waals surface area contributed by atoms with Crippen molar-refractivity contribution >= 4 is 33.5 Å². The van der Waals surface area contributed by atoms with Crippen LogP contribution in [-0.4, -0.2) is 25.2 Å². The first-order valence-electron chi connectivity index (χ1n) is 6.64. The Morgan fingerprint density at radius 3 is 2.71 bits per heavy atom. The number of carbonyl (C=O) groups excluding carboxylic acids is 1. The third-order valence-electron chi connectivity index (χ3n) is 2.89. The minimum absolute atomic E-state index is 0.0375. The van der Waals surface area contributed by atoms with E-state index in [0.29, 0.717) is 0 Å². The number of carbonyl (C=O) groups is 1. The van der Waals surface area contributed by atoms with Crippen molar-refractivity contribution in [1.82, 2.24) is 0 Å². The van der Waals surface area contributed by atoms with Crippen LogP contribution in [0.15, 0.2) is 22.6 Å². The molecule has 0 saturated heterocycles. The van der Waals surface area contributed by atoms with Gasteiger partial charge in [-0.05, 0) is 25.1 Å². The molecular weight excluding hydrogens is 365 g/mol. The fourth-order valence-electron chi connectivity index (χ4n) is 1.78. The molecule has 0 aliphatic carbocycles. The molecule has 10 heteroatoms. The van der Waals surface area contributed by atoms with E-state index in [1.54, 1.807) is 0 Å². The van der Waals surface area contributed by atoms with E-state index in [1.165, 1.54) is 13.0 Å². The van der Waals surface area contributed by atoms with Gasteiger partial charge in [-0.3, -0.25) is 4.79 Å². The minimum Gasteiger partial charge on any atom is -0.502 e. The van der Waals surface area contributed by atoms with Gasteiger partial charge >= 0.3 is 5.97 Å². The lowest BCUT2D eigenvalue weighted by atomic mass is 10.1. The van der Waals surface area contributed by atoms with E-state index in [0.717, 1.165) is 19.1 Å². The first kappa shape index (κ1) is 18.1. The maximum atomic E-state index is 13.4. The van der Waals surface area contributed by atoms with E-state index < -0.39 is 39.2 Å². The lowest BCUT2D eigenvalue weighted by molar-refractivity contribution is -0.131. The van der Waals surface area contributed by atoms with Crippen LogP contribution in [0.1, 0.15) is 13.8 Å². The van der Waals surface area contributed by atoms with Crippen LogP contribution < -0.4 is 9.46 Å². The van der Waals surface area contributed by atoms with Crippen LogP contribution in [0.4, 0.5) is 10.3 Å². The van der Waals surface area contributed by atoms with Gasteiger partial charge in [0, 0.05) is 12.5 Å². The van der Waals surface area contributed by atoms with Gasteiger partial charge < -0.3 is 14.3 Å². The van der Waals surface area contributed by atoms with Crippen molar-refractivity contribution in [1.29, 1.82) is 0 Å². The van der Waals surface area contributed by atoms with Crippen LogP contribution in [0.2, 0.25) is 5.02 Å². The predicted octanol–water partition coefficient (Wildman–Crippen LogP) is 3.13. The molecule has 2 N–H and O–H groups in total. The number of benzene rings is 1. The number of nitrogens with one attached hydrogen (secondary N) is 1. The van der Waals surface area contributed by atoms with Gasteiger partial charge in [0.2, 0.25) is 21.5 Å². The summed E-state index contributed by atoms with van der Waals surface area (Å²) in [6, 6.07) is 3.31. The SMILES string of the molecule is CCS(=O)(=O)Nc1oc(-c2cc(F)ccc2Cl)c(O)c1OC(C)=O. The average molecular weight is 378 g/mol. The first-order valence-corrected chi connectivity index (χ1v) is 8.67. The largest absolute Gasteiger partial charge is 0.502 e.